The van der Waals surface area contributed by atoms with Crippen LogP contribution in [0.3, 0.4) is 0 Å². The maximum atomic E-state index is 6.25. The lowest BCUT2D eigenvalue weighted by atomic mass is 9.95. The number of rotatable bonds is 5. The Hall–Kier alpha value is -1.22. The molecule has 1 atom stereocenters. The number of ether oxygens (including phenoxy) is 1. The van der Waals surface area contributed by atoms with Gasteiger partial charge in [0.15, 0.2) is 0 Å². The first kappa shape index (κ1) is 16.2. The second-order valence-electron chi connectivity index (χ2n) is 4.89. The minimum atomic E-state index is 0.0529. The topological polar surface area (TPSA) is 21.3 Å². The maximum absolute atomic E-state index is 6.25. The molecule has 1 N–H and O–H groups in total. The summed E-state index contributed by atoms with van der Waals surface area (Å²) >= 11 is 12.4. The number of benzene rings is 2. The van der Waals surface area contributed by atoms with Crippen molar-refractivity contribution >= 4 is 23.2 Å². The van der Waals surface area contributed by atoms with Crippen molar-refractivity contribution in [2.75, 3.05) is 13.7 Å². The quantitative estimate of drug-likeness (QED) is 0.835. The number of hydrogen-bond acceptors (Lipinski definition) is 2. The fraction of sp³-hybridized carbons (Fsp3) is 0.294. The smallest absolute Gasteiger partial charge is 0.137 e. The highest BCUT2D eigenvalue weighted by Crippen LogP contribution is 2.32. The molecular formula is C17H19Cl2NO. The molecule has 2 nitrogen and oxygen atoms in total. The number of hydrogen-bond donors (Lipinski definition) is 1. The van der Waals surface area contributed by atoms with Crippen LogP contribution >= 0.6 is 23.2 Å². The van der Waals surface area contributed by atoms with Crippen LogP contribution in [0.15, 0.2) is 36.4 Å². The summed E-state index contributed by atoms with van der Waals surface area (Å²) in [5.74, 6) is 0.679. The molecular weight excluding hydrogens is 305 g/mol. The molecule has 0 radical (unpaired) electrons. The van der Waals surface area contributed by atoms with Crippen molar-refractivity contribution in [3.63, 3.8) is 0 Å². The van der Waals surface area contributed by atoms with Crippen LogP contribution in [0.5, 0.6) is 5.75 Å². The van der Waals surface area contributed by atoms with Crippen LogP contribution in [-0.4, -0.2) is 13.7 Å². The first-order chi connectivity index (χ1) is 10.1. The summed E-state index contributed by atoms with van der Waals surface area (Å²) in [5.41, 5.74) is 3.44. The summed E-state index contributed by atoms with van der Waals surface area (Å²) in [6, 6.07) is 11.9. The molecule has 1 unspecified atom stereocenters. The SMILES string of the molecule is CCNC(c1ccc(OC)c(Cl)c1)c1cc(Cl)ccc1C. The van der Waals surface area contributed by atoms with Gasteiger partial charge in [-0.05, 0) is 54.4 Å². The fourth-order valence-corrected chi connectivity index (χ4v) is 2.84. The molecule has 0 aromatic heterocycles. The summed E-state index contributed by atoms with van der Waals surface area (Å²) < 4.78 is 5.21. The molecule has 0 heterocycles. The van der Waals surface area contributed by atoms with Crippen LogP contribution in [-0.2, 0) is 0 Å². The van der Waals surface area contributed by atoms with E-state index in [1.807, 2.05) is 36.4 Å². The van der Waals surface area contributed by atoms with Gasteiger partial charge < -0.3 is 10.1 Å². The summed E-state index contributed by atoms with van der Waals surface area (Å²) in [7, 11) is 1.61. The molecule has 0 aliphatic rings. The second-order valence-corrected chi connectivity index (χ2v) is 5.73. The molecule has 2 aromatic rings. The van der Waals surface area contributed by atoms with Gasteiger partial charge in [-0.3, -0.25) is 0 Å². The second kappa shape index (κ2) is 7.17. The molecule has 0 aliphatic heterocycles. The first-order valence-corrected chi connectivity index (χ1v) is 7.65. The van der Waals surface area contributed by atoms with Gasteiger partial charge in [-0.2, -0.15) is 0 Å². The Bertz CT molecular complexity index is 628. The highest BCUT2D eigenvalue weighted by atomic mass is 35.5. The highest BCUT2D eigenvalue weighted by molar-refractivity contribution is 6.32. The fourth-order valence-electron chi connectivity index (χ4n) is 2.40. The molecule has 0 saturated heterocycles. The van der Waals surface area contributed by atoms with E-state index in [4.69, 9.17) is 27.9 Å². The molecule has 4 heteroatoms. The van der Waals surface area contributed by atoms with Crippen LogP contribution in [0.25, 0.3) is 0 Å². The molecule has 0 bridgehead atoms. The third kappa shape index (κ3) is 3.70. The predicted octanol–water partition coefficient (Wildman–Crippen LogP) is 5.01. The third-order valence-corrected chi connectivity index (χ3v) is 4.00. The summed E-state index contributed by atoms with van der Waals surface area (Å²) in [4.78, 5) is 0. The van der Waals surface area contributed by atoms with Gasteiger partial charge in [0.05, 0.1) is 18.2 Å². The Morgan fingerprint density at radius 1 is 1.14 bits per heavy atom. The Morgan fingerprint density at radius 3 is 2.52 bits per heavy atom. The van der Waals surface area contributed by atoms with Crippen molar-refractivity contribution in [1.29, 1.82) is 0 Å². The van der Waals surface area contributed by atoms with E-state index < -0.39 is 0 Å². The lowest BCUT2D eigenvalue weighted by Gasteiger charge is -2.22. The lowest BCUT2D eigenvalue weighted by molar-refractivity contribution is 0.414. The van der Waals surface area contributed by atoms with Crippen LogP contribution in [0.1, 0.15) is 29.7 Å². The monoisotopic (exact) mass is 323 g/mol. The lowest BCUT2D eigenvalue weighted by Crippen LogP contribution is -2.22. The maximum Gasteiger partial charge on any atom is 0.137 e. The number of nitrogens with one attached hydrogen (secondary N) is 1. The van der Waals surface area contributed by atoms with Gasteiger partial charge in [0, 0.05) is 5.02 Å². The zero-order valence-corrected chi connectivity index (χ0v) is 13.9. The third-order valence-electron chi connectivity index (χ3n) is 3.47. The summed E-state index contributed by atoms with van der Waals surface area (Å²) in [6.07, 6.45) is 0. The van der Waals surface area contributed by atoms with Crippen molar-refractivity contribution in [2.45, 2.75) is 19.9 Å². The van der Waals surface area contributed by atoms with E-state index in [-0.39, 0.29) is 6.04 Å². The standard InChI is InChI=1S/C17H19Cl2NO/c1-4-20-17(14-10-13(18)7-5-11(14)2)12-6-8-16(21-3)15(19)9-12/h5-10,17,20H,4H2,1-3H3. The van der Waals surface area contributed by atoms with Gasteiger partial charge in [-0.25, -0.2) is 0 Å². The zero-order chi connectivity index (χ0) is 15.4. The molecule has 21 heavy (non-hydrogen) atoms. The summed E-state index contributed by atoms with van der Waals surface area (Å²) in [5, 5.41) is 4.83. The van der Waals surface area contributed by atoms with Crippen molar-refractivity contribution in [3.05, 3.63) is 63.1 Å². The Morgan fingerprint density at radius 2 is 1.90 bits per heavy atom. The van der Waals surface area contributed by atoms with Gasteiger partial charge in [0.25, 0.3) is 0 Å². The molecule has 2 rings (SSSR count). The molecule has 2 aromatic carbocycles. The van der Waals surface area contributed by atoms with Crippen LogP contribution in [0.2, 0.25) is 10.0 Å². The van der Waals surface area contributed by atoms with Crippen molar-refractivity contribution in [1.82, 2.24) is 5.32 Å². The normalized spacial score (nSPS) is 12.2. The summed E-state index contributed by atoms with van der Waals surface area (Å²) in [6.45, 7) is 5.01. The minimum absolute atomic E-state index is 0.0529. The number of methoxy groups -OCH3 is 1. The Labute approximate surface area is 136 Å². The van der Waals surface area contributed by atoms with Crippen molar-refractivity contribution in [3.8, 4) is 5.75 Å². The van der Waals surface area contributed by atoms with Crippen LogP contribution in [0, 0.1) is 6.92 Å². The minimum Gasteiger partial charge on any atom is -0.495 e. The van der Waals surface area contributed by atoms with Gasteiger partial charge in [-0.1, -0.05) is 42.3 Å². The zero-order valence-electron chi connectivity index (χ0n) is 12.4. The molecule has 0 amide bonds. The van der Waals surface area contributed by atoms with Gasteiger partial charge >= 0.3 is 0 Å². The molecule has 112 valence electrons. The molecule has 0 saturated carbocycles. The van der Waals surface area contributed by atoms with E-state index in [0.717, 1.165) is 22.7 Å². The Balaban J connectivity index is 2.48. The van der Waals surface area contributed by atoms with Crippen LogP contribution < -0.4 is 10.1 Å². The number of aryl methyl sites for hydroxylation is 1. The van der Waals surface area contributed by atoms with E-state index in [0.29, 0.717) is 10.8 Å². The van der Waals surface area contributed by atoms with Gasteiger partial charge in [-0.15, -0.1) is 0 Å². The van der Waals surface area contributed by atoms with Gasteiger partial charge in [0.1, 0.15) is 5.75 Å². The van der Waals surface area contributed by atoms with Crippen LogP contribution in [0.4, 0.5) is 0 Å². The first-order valence-electron chi connectivity index (χ1n) is 6.89. The largest absolute Gasteiger partial charge is 0.495 e. The van der Waals surface area contributed by atoms with E-state index in [2.05, 4.69) is 19.2 Å². The van der Waals surface area contributed by atoms with E-state index in [1.165, 1.54) is 5.56 Å². The average Bonchev–Trinajstić information content (AvgIpc) is 2.47. The van der Waals surface area contributed by atoms with E-state index in [1.54, 1.807) is 7.11 Å². The molecule has 0 spiro atoms. The van der Waals surface area contributed by atoms with Crippen molar-refractivity contribution in [2.24, 2.45) is 0 Å². The average molecular weight is 324 g/mol. The van der Waals surface area contributed by atoms with Crippen molar-refractivity contribution < 1.29 is 4.74 Å². The molecule has 0 aliphatic carbocycles. The number of halogens is 2. The Kier molecular flexibility index (Phi) is 5.51. The molecule has 0 fully saturated rings. The predicted molar refractivity (Wildman–Crippen MR) is 89.7 cm³/mol. The van der Waals surface area contributed by atoms with Gasteiger partial charge in [0.2, 0.25) is 0 Å². The van der Waals surface area contributed by atoms with E-state index >= 15 is 0 Å². The highest BCUT2D eigenvalue weighted by Gasteiger charge is 2.17. The van der Waals surface area contributed by atoms with E-state index in [9.17, 15) is 0 Å².